The van der Waals surface area contributed by atoms with Crippen molar-refractivity contribution in [1.82, 2.24) is 4.90 Å². The van der Waals surface area contributed by atoms with Crippen molar-refractivity contribution in [2.75, 3.05) is 0 Å². The summed E-state index contributed by atoms with van der Waals surface area (Å²) in [5.74, 6) is 0.239. The van der Waals surface area contributed by atoms with Crippen LogP contribution in [0.2, 0.25) is 0 Å². The molecule has 2 nitrogen and oxygen atoms in total. The molecule has 2 aromatic rings. The van der Waals surface area contributed by atoms with Crippen molar-refractivity contribution >= 4 is 0 Å². The molecule has 0 aromatic heterocycles. The minimum absolute atomic E-state index is 0.239. The van der Waals surface area contributed by atoms with Crippen molar-refractivity contribution in [3.8, 4) is 5.75 Å². The molecule has 2 heterocycles. The Morgan fingerprint density at radius 3 is 2.58 bits per heavy atom. The molecule has 26 heavy (non-hydrogen) atoms. The number of nitrogens with zero attached hydrogens (tertiary/aromatic N) is 1. The fourth-order valence-electron chi connectivity index (χ4n) is 4.27. The third-order valence-electron chi connectivity index (χ3n) is 5.38. The highest BCUT2D eigenvalue weighted by atomic mass is 19.3. The van der Waals surface area contributed by atoms with Crippen molar-refractivity contribution in [2.24, 2.45) is 0 Å². The van der Waals surface area contributed by atoms with Crippen LogP contribution in [0.15, 0.2) is 66.2 Å². The van der Waals surface area contributed by atoms with Gasteiger partial charge in [-0.2, -0.15) is 8.78 Å². The Hall–Kier alpha value is -2.20. The number of hydrogen-bond donors (Lipinski definition) is 0. The first-order chi connectivity index (χ1) is 12.7. The standard InChI is InChI=1S/C22H23F2NO/c23-22(24)26-21-8-4-7-17(14-21)11-18-12-19-9-10-20(13-18)25(19)15-16-5-2-1-3-6-16/h1-8,12,14,19-20,22H,9-11,13,15H2. The third-order valence-corrected chi connectivity index (χ3v) is 5.38. The van der Waals surface area contributed by atoms with Gasteiger partial charge in [-0.3, -0.25) is 4.90 Å². The molecule has 2 atom stereocenters. The van der Waals surface area contributed by atoms with E-state index in [-0.39, 0.29) is 5.75 Å². The summed E-state index contributed by atoms with van der Waals surface area (Å²) >= 11 is 0. The fraction of sp³-hybridized carbons (Fsp3) is 0.364. The van der Waals surface area contributed by atoms with Crippen molar-refractivity contribution in [1.29, 1.82) is 0 Å². The average Bonchev–Trinajstić information content (AvgIpc) is 2.85. The van der Waals surface area contributed by atoms with Crippen molar-refractivity contribution in [2.45, 2.75) is 50.9 Å². The topological polar surface area (TPSA) is 12.5 Å². The molecular formula is C22H23F2NO. The molecule has 2 aromatic carbocycles. The smallest absolute Gasteiger partial charge is 0.387 e. The zero-order valence-electron chi connectivity index (χ0n) is 14.7. The first-order valence-electron chi connectivity index (χ1n) is 9.20. The minimum Gasteiger partial charge on any atom is -0.435 e. The molecule has 4 rings (SSSR count). The number of alkyl halides is 2. The van der Waals surface area contributed by atoms with E-state index in [1.807, 2.05) is 6.07 Å². The second-order valence-corrected chi connectivity index (χ2v) is 7.19. The predicted octanol–water partition coefficient (Wildman–Crippen LogP) is 5.19. The van der Waals surface area contributed by atoms with Crippen LogP contribution in [-0.2, 0) is 13.0 Å². The van der Waals surface area contributed by atoms with Crippen LogP contribution in [-0.4, -0.2) is 23.6 Å². The highest BCUT2D eigenvalue weighted by molar-refractivity contribution is 5.33. The molecule has 2 bridgehead atoms. The van der Waals surface area contributed by atoms with E-state index in [1.165, 1.54) is 24.0 Å². The lowest BCUT2D eigenvalue weighted by Crippen LogP contribution is -2.38. The number of benzene rings is 2. The Bertz CT molecular complexity index is 775. The van der Waals surface area contributed by atoms with E-state index < -0.39 is 6.61 Å². The molecule has 0 N–H and O–H groups in total. The minimum atomic E-state index is -2.78. The summed E-state index contributed by atoms with van der Waals surface area (Å²) in [7, 11) is 0. The van der Waals surface area contributed by atoms with Crippen molar-refractivity contribution in [3.63, 3.8) is 0 Å². The Kier molecular flexibility index (Phi) is 5.02. The van der Waals surface area contributed by atoms with Gasteiger partial charge in [-0.25, -0.2) is 0 Å². The zero-order chi connectivity index (χ0) is 17.9. The van der Waals surface area contributed by atoms with E-state index in [0.29, 0.717) is 12.1 Å². The number of rotatable bonds is 6. The van der Waals surface area contributed by atoms with Gasteiger partial charge in [0.2, 0.25) is 0 Å². The Morgan fingerprint density at radius 2 is 1.81 bits per heavy atom. The lowest BCUT2D eigenvalue weighted by molar-refractivity contribution is -0.0498. The number of ether oxygens (including phenoxy) is 1. The lowest BCUT2D eigenvalue weighted by Gasteiger charge is -2.34. The summed E-state index contributed by atoms with van der Waals surface area (Å²) in [6.45, 7) is -1.78. The number of fused-ring (bicyclic) bond motifs is 2. The van der Waals surface area contributed by atoms with E-state index in [4.69, 9.17) is 0 Å². The quantitative estimate of drug-likeness (QED) is 0.661. The van der Waals surface area contributed by atoms with Crippen LogP contribution in [0.1, 0.15) is 30.4 Å². The van der Waals surface area contributed by atoms with E-state index in [2.05, 4.69) is 46.0 Å². The van der Waals surface area contributed by atoms with Gasteiger partial charge in [0.15, 0.2) is 0 Å². The van der Waals surface area contributed by atoms with Gasteiger partial charge in [0.1, 0.15) is 5.75 Å². The Morgan fingerprint density at radius 1 is 1.00 bits per heavy atom. The van der Waals surface area contributed by atoms with E-state index in [0.717, 1.165) is 24.9 Å². The van der Waals surface area contributed by atoms with Gasteiger partial charge >= 0.3 is 6.61 Å². The molecule has 2 unspecified atom stereocenters. The van der Waals surface area contributed by atoms with E-state index in [9.17, 15) is 8.78 Å². The molecule has 1 saturated heterocycles. The fourth-order valence-corrected chi connectivity index (χ4v) is 4.27. The first kappa shape index (κ1) is 17.2. The summed E-state index contributed by atoms with van der Waals surface area (Å²) in [4.78, 5) is 2.61. The highest BCUT2D eigenvalue weighted by Crippen LogP contribution is 2.37. The molecule has 0 spiro atoms. The van der Waals surface area contributed by atoms with Crippen LogP contribution in [0.4, 0.5) is 8.78 Å². The molecule has 0 radical (unpaired) electrons. The monoisotopic (exact) mass is 355 g/mol. The van der Waals surface area contributed by atoms with Gasteiger partial charge in [-0.05, 0) is 48.9 Å². The number of hydrogen-bond acceptors (Lipinski definition) is 2. The highest BCUT2D eigenvalue weighted by Gasteiger charge is 2.36. The SMILES string of the molecule is FC(F)Oc1cccc(CC2=CC3CCC(C2)N3Cc2ccccc2)c1. The van der Waals surface area contributed by atoms with Gasteiger partial charge in [0.05, 0.1) is 0 Å². The number of halogens is 2. The molecule has 2 aliphatic rings. The zero-order valence-corrected chi connectivity index (χ0v) is 14.7. The first-order valence-corrected chi connectivity index (χ1v) is 9.20. The van der Waals surface area contributed by atoms with Crippen LogP contribution >= 0.6 is 0 Å². The predicted molar refractivity (Wildman–Crippen MR) is 98.3 cm³/mol. The maximum Gasteiger partial charge on any atom is 0.387 e. The molecular weight excluding hydrogens is 332 g/mol. The van der Waals surface area contributed by atoms with Gasteiger partial charge in [-0.1, -0.05) is 54.1 Å². The second-order valence-electron chi connectivity index (χ2n) is 7.19. The maximum absolute atomic E-state index is 12.4. The van der Waals surface area contributed by atoms with Gasteiger partial charge in [-0.15, -0.1) is 0 Å². The van der Waals surface area contributed by atoms with Gasteiger partial charge in [0, 0.05) is 18.6 Å². The Balaban J connectivity index is 1.44. The van der Waals surface area contributed by atoms with Crippen LogP contribution in [0.25, 0.3) is 0 Å². The second kappa shape index (κ2) is 7.58. The largest absolute Gasteiger partial charge is 0.435 e. The normalized spacial score (nSPS) is 22.5. The molecule has 2 aliphatic heterocycles. The van der Waals surface area contributed by atoms with Gasteiger partial charge in [0.25, 0.3) is 0 Å². The summed E-state index contributed by atoms with van der Waals surface area (Å²) in [6, 6.07) is 18.8. The van der Waals surface area contributed by atoms with Crippen LogP contribution in [0.5, 0.6) is 5.75 Å². The maximum atomic E-state index is 12.4. The molecule has 1 fully saturated rings. The molecule has 0 amide bonds. The van der Waals surface area contributed by atoms with Crippen molar-refractivity contribution in [3.05, 3.63) is 77.4 Å². The van der Waals surface area contributed by atoms with E-state index >= 15 is 0 Å². The van der Waals surface area contributed by atoms with Crippen LogP contribution < -0.4 is 4.74 Å². The Labute approximate surface area is 153 Å². The lowest BCUT2D eigenvalue weighted by atomic mass is 9.94. The van der Waals surface area contributed by atoms with E-state index in [1.54, 1.807) is 18.2 Å². The summed E-state index contributed by atoms with van der Waals surface area (Å²) in [5.41, 5.74) is 3.81. The van der Waals surface area contributed by atoms with Crippen molar-refractivity contribution < 1.29 is 13.5 Å². The molecule has 136 valence electrons. The summed E-state index contributed by atoms with van der Waals surface area (Å²) < 4.78 is 29.3. The third kappa shape index (κ3) is 3.96. The van der Waals surface area contributed by atoms with Crippen LogP contribution in [0, 0.1) is 0 Å². The summed E-state index contributed by atoms with van der Waals surface area (Å²) in [6.07, 6.45) is 6.70. The van der Waals surface area contributed by atoms with Crippen LogP contribution in [0.3, 0.4) is 0 Å². The molecule has 0 aliphatic carbocycles. The molecule has 4 heteroatoms. The summed E-state index contributed by atoms with van der Waals surface area (Å²) in [5, 5.41) is 0. The molecule has 0 saturated carbocycles. The average molecular weight is 355 g/mol. The van der Waals surface area contributed by atoms with Gasteiger partial charge < -0.3 is 4.74 Å².